The van der Waals surface area contributed by atoms with Gasteiger partial charge in [0.05, 0.1) is 0 Å². The van der Waals surface area contributed by atoms with E-state index < -0.39 is 0 Å². The van der Waals surface area contributed by atoms with Crippen LogP contribution in [-0.4, -0.2) is 0 Å². The van der Waals surface area contributed by atoms with E-state index in [-0.39, 0.29) is 35.6 Å². The van der Waals surface area contributed by atoms with Gasteiger partial charge in [-0.15, -0.1) is 24.8 Å². The largest absolute Gasteiger partial charge is 0.402 e. The van der Waals surface area contributed by atoms with Gasteiger partial charge in [-0.05, 0) is 36.1 Å². The van der Waals surface area contributed by atoms with E-state index in [2.05, 4.69) is 39.8 Å². The summed E-state index contributed by atoms with van der Waals surface area (Å²) in [6.45, 7) is 8.80. The zero-order chi connectivity index (χ0) is 13.6. The van der Waals surface area contributed by atoms with E-state index in [0.29, 0.717) is 0 Å². The summed E-state index contributed by atoms with van der Waals surface area (Å²) >= 11 is 0. The first kappa shape index (κ1) is 19.1. The molecule has 0 heterocycles. The molecule has 0 aliphatic heterocycles. The molecule has 0 atom stereocenters. The number of hydrogen-bond donors (Lipinski definition) is 2. The molecule has 0 unspecified atom stereocenters. The summed E-state index contributed by atoms with van der Waals surface area (Å²) in [4.78, 5) is 0. The summed E-state index contributed by atoms with van der Waals surface area (Å²) in [6, 6.07) is 0. The Bertz CT molecular complexity index is 449. The molecule has 2 aliphatic rings. The maximum Gasteiger partial charge on any atom is 0.0141 e. The summed E-state index contributed by atoms with van der Waals surface area (Å²) in [5.74, 6) is 0. The first-order chi connectivity index (χ1) is 8.22. The van der Waals surface area contributed by atoms with Gasteiger partial charge in [-0.3, -0.25) is 0 Å². The molecule has 0 aromatic rings. The highest BCUT2D eigenvalue weighted by atomic mass is 35.5. The average molecular weight is 317 g/mol. The van der Waals surface area contributed by atoms with Crippen LogP contribution in [0.25, 0.3) is 0 Å². The summed E-state index contributed by atoms with van der Waals surface area (Å²) in [7, 11) is 0. The van der Waals surface area contributed by atoms with Crippen molar-refractivity contribution >= 4 is 24.8 Å². The first-order valence-electron chi connectivity index (χ1n) is 6.56. The van der Waals surface area contributed by atoms with Crippen LogP contribution in [-0.2, 0) is 0 Å². The molecule has 2 aliphatic carbocycles. The average Bonchev–Trinajstić information content (AvgIpc) is 2.26. The lowest BCUT2D eigenvalue weighted by Crippen LogP contribution is -2.27. The molecular formula is C16H26Cl2N2. The van der Waals surface area contributed by atoms with Crippen molar-refractivity contribution in [1.29, 1.82) is 0 Å². The highest BCUT2D eigenvalue weighted by molar-refractivity contribution is 5.85. The van der Waals surface area contributed by atoms with E-state index in [1.54, 1.807) is 0 Å². The maximum absolute atomic E-state index is 6.04. The van der Waals surface area contributed by atoms with Gasteiger partial charge in [-0.25, -0.2) is 0 Å². The second kappa shape index (κ2) is 6.28. The SMILES string of the molecule is CC1(C)CC(C2=CC=C(N)C(C)(C)C2)=CC=C1N.Cl.Cl. The molecular weight excluding hydrogens is 291 g/mol. The molecule has 0 radical (unpaired) electrons. The van der Waals surface area contributed by atoms with Crippen molar-refractivity contribution in [2.45, 2.75) is 40.5 Å². The molecule has 2 rings (SSSR count). The van der Waals surface area contributed by atoms with Crippen molar-refractivity contribution in [3.8, 4) is 0 Å². The van der Waals surface area contributed by atoms with Crippen LogP contribution in [0.5, 0.6) is 0 Å². The minimum atomic E-state index is 0. The van der Waals surface area contributed by atoms with Gasteiger partial charge < -0.3 is 11.5 Å². The fraction of sp³-hybridized carbons (Fsp3) is 0.500. The minimum absolute atomic E-state index is 0. The van der Waals surface area contributed by atoms with E-state index in [4.69, 9.17) is 11.5 Å². The lowest BCUT2D eigenvalue weighted by atomic mass is 9.72. The molecule has 4 heteroatoms. The Kier molecular flexibility index (Phi) is 6.01. The van der Waals surface area contributed by atoms with Gasteiger partial charge in [0.1, 0.15) is 0 Å². The molecule has 4 N–H and O–H groups in total. The van der Waals surface area contributed by atoms with Gasteiger partial charge in [0.25, 0.3) is 0 Å². The van der Waals surface area contributed by atoms with E-state index in [1.165, 1.54) is 11.1 Å². The van der Waals surface area contributed by atoms with Gasteiger partial charge in [-0.2, -0.15) is 0 Å². The smallest absolute Gasteiger partial charge is 0.0141 e. The van der Waals surface area contributed by atoms with Gasteiger partial charge in [0.2, 0.25) is 0 Å². The number of allylic oxidation sites excluding steroid dienone is 8. The zero-order valence-electron chi connectivity index (χ0n) is 12.7. The van der Waals surface area contributed by atoms with Crippen LogP contribution in [0.2, 0.25) is 0 Å². The third kappa shape index (κ3) is 3.62. The van der Waals surface area contributed by atoms with E-state index >= 15 is 0 Å². The van der Waals surface area contributed by atoms with E-state index in [9.17, 15) is 0 Å². The van der Waals surface area contributed by atoms with Crippen molar-refractivity contribution < 1.29 is 0 Å². The maximum atomic E-state index is 6.04. The molecule has 114 valence electrons. The molecule has 0 aromatic carbocycles. The first-order valence-corrected chi connectivity index (χ1v) is 6.56. The van der Waals surface area contributed by atoms with Crippen molar-refractivity contribution in [1.82, 2.24) is 0 Å². The van der Waals surface area contributed by atoms with Crippen molar-refractivity contribution in [2.24, 2.45) is 22.3 Å². The zero-order valence-corrected chi connectivity index (χ0v) is 14.3. The molecule has 0 fully saturated rings. The fourth-order valence-corrected chi connectivity index (χ4v) is 2.55. The Labute approximate surface area is 134 Å². The predicted octanol–water partition coefficient (Wildman–Crippen LogP) is 4.23. The summed E-state index contributed by atoms with van der Waals surface area (Å²) in [6.07, 6.45) is 10.4. The van der Waals surface area contributed by atoms with Crippen molar-refractivity contribution in [3.05, 3.63) is 46.8 Å². The Morgan fingerprint density at radius 1 is 0.700 bits per heavy atom. The lowest BCUT2D eigenvalue weighted by molar-refractivity contribution is 0.409. The van der Waals surface area contributed by atoms with Crippen LogP contribution >= 0.6 is 24.8 Å². The van der Waals surface area contributed by atoms with E-state index in [1.807, 2.05) is 12.2 Å². The van der Waals surface area contributed by atoms with Gasteiger partial charge in [0, 0.05) is 22.2 Å². The molecule has 2 nitrogen and oxygen atoms in total. The number of nitrogens with two attached hydrogens (primary N) is 2. The van der Waals surface area contributed by atoms with Crippen LogP contribution in [0.15, 0.2) is 46.8 Å². The predicted molar refractivity (Wildman–Crippen MR) is 92.0 cm³/mol. The second-order valence-corrected chi connectivity index (χ2v) is 6.75. The highest BCUT2D eigenvalue weighted by Gasteiger charge is 2.31. The van der Waals surface area contributed by atoms with Crippen LogP contribution < -0.4 is 11.5 Å². The Morgan fingerprint density at radius 2 is 1.00 bits per heavy atom. The Hall–Kier alpha value is -0.860. The van der Waals surface area contributed by atoms with Gasteiger partial charge in [-0.1, -0.05) is 39.8 Å². The van der Waals surface area contributed by atoms with Crippen LogP contribution in [0.1, 0.15) is 40.5 Å². The van der Waals surface area contributed by atoms with Gasteiger partial charge >= 0.3 is 0 Å². The second-order valence-electron chi connectivity index (χ2n) is 6.75. The Morgan fingerprint density at radius 3 is 1.25 bits per heavy atom. The third-order valence-electron chi connectivity index (χ3n) is 4.17. The molecule has 20 heavy (non-hydrogen) atoms. The van der Waals surface area contributed by atoms with Gasteiger partial charge in [0.15, 0.2) is 0 Å². The summed E-state index contributed by atoms with van der Waals surface area (Å²) < 4.78 is 0. The molecule has 0 saturated carbocycles. The monoisotopic (exact) mass is 316 g/mol. The minimum Gasteiger partial charge on any atom is -0.402 e. The molecule has 0 amide bonds. The third-order valence-corrected chi connectivity index (χ3v) is 4.17. The number of hydrogen-bond acceptors (Lipinski definition) is 2. The van der Waals surface area contributed by atoms with E-state index in [0.717, 1.165) is 24.2 Å². The normalized spacial score (nSPS) is 23.2. The van der Waals surface area contributed by atoms with Crippen LogP contribution in [0.3, 0.4) is 0 Å². The Balaban J connectivity index is 0.00000180. The highest BCUT2D eigenvalue weighted by Crippen LogP contribution is 2.42. The van der Waals surface area contributed by atoms with Crippen LogP contribution in [0, 0.1) is 10.8 Å². The van der Waals surface area contributed by atoms with Crippen molar-refractivity contribution in [3.63, 3.8) is 0 Å². The number of halogens is 2. The van der Waals surface area contributed by atoms with Crippen LogP contribution in [0.4, 0.5) is 0 Å². The lowest BCUT2D eigenvalue weighted by Gasteiger charge is -2.35. The summed E-state index contributed by atoms with van der Waals surface area (Å²) in [5.41, 5.74) is 16.9. The standard InChI is InChI=1S/C16H24N2.2ClH/c1-15(2)9-11(5-7-13(15)17)12-6-8-14(18)16(3,4)10-12;;/h5-8H,9-10,17-18H2,1-4H3;2*1H. The topological polar surface area (TPSA) is 52.0 Å². The molecule has 0 saturated heterocycles. The summed E-state index contributed by atoms with van der Waals surface area (Å²) in [5, 5.41) is 0. The molecule has 0 aromatic heterocycles. The van der Waals surface area contributed by atoms with Crippen molar-refractivity contribution in [2.75, 3.05) is 0 Å². The number of rotatable bonds is 1. The molecule has 0 bridgehead atoms. The molecule has 0 spiro atoms. The fourth-order valence-electron chi connectivity index (χ4n) is 2.55. The quantitative estimate of drug-likeness (QED) is 0.760.